The van der Waals surface area contributed by atoms with E-state index in [1.165, 1.54) is 0 Å². The highest BCUT2D eigenvalue weighted by Gasteiger charge is 2.23. The van der Waals surface area contributed by atoms with Crippen LogP contribution >= 0.6 is 0 Å². The first kappa shape index (κ1) is 7.12. The molecular weight excluding hydrogens is 156 g/mol. The Balaban J connectivity index is 2.42. The van der Waals surface area contributed by atoms with Crippen LogP contribution in [-0.4, -0.2) is 6.03 Å². The van der Waals surface area contributed by atoms with Gasteiger partial charge in [-0.1, -0.05) is 18.2 Å². The van der Waals surface area contributed by atoms with E-state index in [0.29, 0.717) is 6.61 Å². The van der Waals surface area contributed by atoms with Crippen LogP contribution in [0, 0.1) is 0 Å². The number of anilines is 1. The Labute approximate surface area is 69.5 Å². The van der Waals surface area contributed by atoms with E-state index in [2.05, 4.69) is 0 Å². The van der Waals surface area contributed by atoms with E-state index in [4.69, 9.17) is 10.6 Å². The van der Waals surface area contributed by atoms with Crippen molar-refractivity contribution in [3.8, 4) is 0 Å². The van der Waals surface area contributed by atoms with Crippen LogP contribution in [0.3, 0.4) is 0 Å². The number of benzene rings is 1. The molecule has 12 heavy (non-hydrogen) atoms. The zero-order chi connectivity index (χ0) is 8.55. The highest BCUT2D eigenvalue weighted by molar-refractivity contribution is 5.90. The lowest BCUT2D eigenvalue weighted by Gasteiger charge is -2.10. The van der Waals surface area contributed by atoms with E-state index in [9.17, 15) is 4.79 Å². The molecule has 0 aliphatic carbocycles. The lowest BCUT2D eigenvalue weighted by Crippen LogP contribution is -2.32. The summed E-state index contributed by atoms with van der Waals surface area (Å²) in [7, 11) is 0. The fraction of sp³-hybridized carbons (Fsp3) is 0.125. The standard InChI is InChI=1S/C8H8N2O2/c9-8(11)10-7-4-2-1-3-6(7)5-12-10/h1-4H,5H2,(H2,9,11). The van der Waals surface area contributed by atoms with Gasteiger partial charge in [-0.15, -0.1) is 0 Å². The zero-order valence-electron chi connectivity index (χ0n) is 6.36. The summed E-state index contributed by atoms with van der Waals surface area (Å²) in [5.74, 6) is 0. The second-order valence-corrected chi connectivity index (χ2v) is 2.53. The molecule has 2 N–H and O–H groups in total. The molecule has 0 fully saturated rings. The molecule has 1 aromatic rings. The molecule has 0 unspecified atom stereocenters. The van der Waals surface area contributed by atoms with Gasteiger partial charge in [-0.25, -0.2) is 4.79 Å². The summed E-state index contributed by atoms with van der Waals surface area (Å²) in [5, 5.41) is 1.11. The van der Waals surface area contributed by atoms with Gasteiger partial charge in [0.25, 0.3) is 0 Å². The molecule has 4 nitrogen and oxygen atoms in total. The number of carbonyl (C=O) groups is 1. The van der Waals surface area contributed by atoms with Gasteiger partial charge in [0.15, 0.2) is 0 Å². The number of nitrogens with zero attached hydrogens (tertiary/aromatic N) is 1. The highest BCUT2D eigenvalue weighted by atomic mass is 16.7. The molecule has 1 aliphatic rings. The van der Waals surface area contributed by atoms with Crippen molar-refractivity contribution in [2.45, 2.75) is 6.61 Å². The van der Waals surface area contributed by atoms with Crippen molar-refractivity contribution in [3.05, 3.63) is 29.8 Å². The van der Waals surface area contributed by atoms with E-state index in [1.54, 1.807) is 6.07 Å². The largest absolute Gasteiger partial charge is 0.349 e. The Morgan fingerprint density at radius 3 is 3.00 bits per heavy atom. The Kier molecular flexibility index (Phi) is 1.48. The number of hydrogen-bond donors (Lipinski definition) is 1. The normalized spacial score (nSPS) is 14.5. The third-order valence-electron chi connectivity index (χ3n) is 1.76. The maximum absolute atomic E-state index is 10.8. The van der Waals surface area contributed by atoms with Crippen LogP contribution in [0.15, 0.2) is 24.3 Å². The van der Waals surface area contributed by atoms with Crippen LogP contribution in [0.5, 0.6) is 0 Å². The SMILES string of the molecule is NC(=O)N1OCc2ccccc21. The molecule has 1 aromatic carbocycles. The molecular formula is C8H8N2O2. The van der Waals surface area contributed by atoms with Crippen molar-refractivity contribution in [1.29, 1.82) is 0 Å². The molecule has 2 amide bonds. The predicted octanol–water partition coefficient (Wildman–Crippen LogP) is 1.02. The summed E-state index contributed by atoms with van der Waals surface area (Å²) in [6.07, 6.45) is 0. The third kappa shape index (κ3) is 0.931. The summed E-state index contributed by atoms with van der Waals surface area (Å²) in [4.78, 5) is 15.8. The van der Waals surface area contributed by atoms with Gasteiger partial charge in [0.2, 0.25) is 0 Å². The molecule has 0 saturated heterocycles. The number of para-hydroxylation sites is 1. The molecule has 1 heterocycles. The molecule has 0 radical (unpaired) electrons. The van der Waals surface area contributed by atoms with Crippen molar-refractivity contribution in [1.82, 2.24) is 0 Å². The summed E-state index contributed by atoms with van der Waals surface area (Å²) in [6.45, 7) is 0.416. The molecule has 0 bridgehead atoms. The molecule has 1 aliphatic heterocycles. The number of hydroxylamine groups is 1. The van der Waals surface area contributed by atoms with Gasteiger partial charge in [0.05, 0.1) is 5.69 Å². The summed E-state index contributed by atoms with van der Waals surface area (Å²) in [5.41, 5.74) is 6.80. The lowest BCUT2D eigenvalue weighted by molar-refractivity contribution is 0.128. The number of rotatable bonds is 0. The summed E-state index contributed by atoms with van der Waals surface area (Å²) >= 11 is 0. The van der Waals surface area contributed by atoms with E-state index in [0.717, 1.165) is 16.3 Å². The van der Waals surface area contributed by atoms with E-state index >= 15 is 0 Å². The second kappa shape index (κ2) is 2.49. The average molecular weight is 164 g/mol. The van der Waals surface area contributed by atoms with Gasteiger partial charge < -0.3 is 5.73 Å². The number of hydrogen-bond acceptors (Lipinski definition) is 2. The number of primary amides is 1. The van der Waals surface area contributed by atoms with Crippen LogP contribution in [0.1, 0.15) is 5.56 Å². The minimum absolute atomic E-state index is 0.416. The van der Waals surface area contributed by atoms with Crippen LogP contribution in [0.25, 0.3) is 0 Å². The smallest absolute Gasteiger partial charge is 0.343 e. The van der Waals surface area contributed by atoms with Gasteiger partial charge in [0, 0.05) is 5.56 Å². The Bertz CT molecular complexity index is 325. The number of carbonyl (C=O) groups excluding carboxylic acids is 1. The molecule has 0 aromatic heterocycles. The lowest BCUT2D eigenvalue weighted by atomic mass is 10.2. The van der Waals surface area contributed by atoms with Gasteiger partial charge in [-0.3, -0.25) is 4.84 Å². The Morgan fingerprint density at radius 2 is 2.25 bits per heavy atom. The number of fused-ring (bicyclic) bond motifs is 1. The van der Waals surface area contributed by atoms with Crippen LogP contribution in [0.4, 0.5) is 10.5 Å². The van der Waals surface area contributed by atoms with Gasteiger partial charge in [0.1, 0.15) is 6.61 Å². The van der Waals surface area contributed by atoms with Crippen LogP contribution < -0.4 is 10.8 Å². The first-order chi connectivity index (χ1) is 5.79. The molecule has 4 heteroatoms. The summed E-state index contributed by atoms with van der Waals surface area (Å²) in [6, 6.07) is 6.85. The number of nitrogens with two attached hydrogens (primary N) is 1. The Hall–Kier alpha value is -1.55. The van der Waals surface area contributed by atoms with E-state index in [-0.39, 0.29) is 0 Å². The van der Waals surface area contributed by atoms with E-state index in [1.807, 2.05) is 18.2 Å². The zero-order valence-corrected chi connectivity index (χ0v) is 6.36. The van der Waals surface area contributed by atoms with E-state index < -0.39 is 6.03 Å². The highest BCUT2D eigenvalue weighted by Crippen LogP contribution is 2.27. The maximum atomic E-state index is 10.8. The second-order valence-electron chi connectivity index (χ2n) is 2.53. The van der Waals surface area contributed by atoms with Crippen molar-refractivity contribution >= 4 is 11.7 Å². The van der Waals surface area contributed by atoms with Crippen LogP contribution in [-0.2, 0) is 11.4 Å². The molecule has 2 rings (SSSR count). The van der Waals surface area contributed by atoms with Crippen molar-refractivity contribution in [2.75, 3.05) is 5.06 Å². The van der Waals surface area contributed by atoms with Gasteiger partial charge >= 0.3 is 6.03 Å². The Morgan fingerprint density at radius 1 is 1.50 bits per heavy atom. The molecule has 0 saturated carbocycles. The number of urea groups is 1. The first-order valence-corrected chi connectivity index (χ1v) is 3.59. The maximum Gasteiger partial charge on any atom is 0.343 e. The van der Waals surface area contributed by atoms with Crippen LogP contribution in [0.2, 0.25) is 0 Å². The van der Waals surface area contributed by atoms with Gasteiger partial charge in [-0.05, 0) is 6.07 Å². The summed E-state index contributed by atoms with van der Waals surface area (Å²) < 4.78 is 0. The average Bonchev–Trinajstić information content (AvgIpc) is 2.47. The van der Waals surface area contributed by atoms with Crippen molar-refractivity contribution < 1.29 is 9.63 Å². The molecule has 62 valence electrons. The quantitative estimate of drug-likeness (QED) is 0.622. The topological polar surface area (TPSA) is 55.6 Å². The third-order valence-corrected chi connectivity index (χ3v) is 1.76. The van der Waals surface area contributed by atoms with Gasteiger partial charge in [-0.2, -0.15) is 5.06 Å². The fourth-order valence-electron chi connectivity index (χ4n) is 1.22. The number of amides is 2. The van der Waals surface area contributed by atoms with Crippen molar-refractivity contribution in [3.63, 3.8) is 0 Å². The first-order valence-electron chi connectivity index (χ1n) is 3.59. The fourth-order valence-corrected chi connectivity index (χ4v) is 1.22. The minimum atomic E-state index is -0.583. The molecule has 0 spiro atoms. The monoisotopic (exact) mass is 164 g/mol. The predicted molar refractivity (Wildman–Crippen MR) is 43.3 cm³/mol. The minimum Gasteiger partial charge on any atom is -0.349 e. The molecule has 0 atom stereocenters. The van der Waals surface area contributed by atoms with Crippen molar-refractivity contribution in [2.24, 2.45) is 5.73 Å².